The van der Waals surface area contributed by atoms with Gasteiger partial charge in [-0.3, -0.25) is 4.90 Å². The molecule has 0 saturated heterocycles. The fourth-order valence-electron chi connectivity index (χ4n) is 4.45. The molecule has 1 aromatic rings. The van der Waals surface area contributed by atoms with Crippen molar-refractivity contribution in [3.8, 4) is 0 Å². The third-order valence-electron chi connectivity index (χ3n) is 5.50. The fourth-order valence-corrected chi connectivity index (χ4v) is 4.45. The first kappa shape index (κ1) is 14.1. The lowest BCUT2D eigenvalue weighted by atomic mass is 9.86. The summed E-state index contributed by atoms with van der Waals surface area (Å²) in [5, 5.41) is 0. The molecule has 0 spiro atoms. The van der Waals surface area contributed by atoms with Crippen LogP contribution in [-0.2, 0) is 12.8 Å². The molecular weight excluding hydrogens is 244 g/mol. The molecule has 3 rings (SSSR count). The van der Waals surface area contributed by atoms with Crippen LogP contribution in [0.2, 0.25) is 0 Å². The van der Waals surface area contributed by atoms with Crippen molar-refractivity contribution in [2.24, 2.45) is 11.7 Å². The monoisotopic (exact) mass is 272 g/mol. The van der Waals surface area contributed by atoms with Crippen molar-refractivity contribution in [1.29, 1.82) is 0 Å². The van der Waals surface area contributed by atoms with Crippen LogP contribution in [0.4, 0.5) is 0 Å². The van der Waals surface area contributed by atoms with E-state index in [0.29, 0.717) is 0 Å². The van der Waals surface area contributed by atoms with E-state index in [1.54, 1.807) is 11.1 Å². The minimum atomic E-state index is 0.729. The molecule has 3 unspecified atom stereocenters. The van der Waals surface area contributed by atoms with Crippen LogP contribution in [0.1, 0.15) is 43.7 Å². The first-order valence-electron chi connectivity index (χ1n) is 8.36. The Hall–Kier alpha value is -0.860. The maximum Gasteiger partial charge on any atom is 0.0142 e. The molecule has 3 atom stereocenters. The highest BCUT2D eigenvalue weighted by Crippen LogP contribution is 2.33. The highest BCUT2D eigenvalue weighted by Gasteiger charge is 2.35. The van der Waals surface area contributed by atoms with Gasteiger partial charge in [-0.1, -0.05) is 37.6 Å². The Morgan fingerprint density at radius 3 is 2.70 bits per heavy atom. The molecule has 1 aromatic carbocycles. The summed E-state index contributed by atoms with van der Waals surface area (Å²) in [6, 6.07) is 10.5. The third kappa shape index (κ3) is 2.64. The predicted octanol–water partition coefficient (Wildman–Crippen LogP) is 2.99. The van der Waals surface area contributed by atoms with Crippen molar-refractivity contribution < 1.29 is 0 Å². The van der Waals surface area contributed by atoms with Gasteiger partial charge in [0.2, 0.25) is 0 Å². The van der Waals surface area contributed by atoms with E-state index in [-0.39, 0.29) is 0 Å². The second kappa shape index (κ2) is 6.28. The molecule has 0 bridgehead atoms. The summed E-state index contributed by atoms with van der Waals surface area (Å²) in [5.74, 6) is 0.729. The van der Waals surface area contributed by atoms with Crippen molar-refractivity contribution in [1.82, 2.24) is 4.90 Å². The SMILES string of the molecule is CCN(C1CCc2ccccc2C1)C1CCCC1CN. The molecule has 2 aliphatic rings. The third-order valence-corrected chi connectivity index (χ3v) is 5.50. The van der Waals surface area contributed by atoms with Gasteiger partial charge in [-0.25, -0.2) is 0 Å². The lowest BCUT2D eigenvalue weighted by molar-refractivity contribution is 0.104. The van der Waals surface area contributed by atoms with Crippen LogP contribution in [0, 0.1) is 5.92 Å². The molecule has 2 nitrogen and oxygen atoms in total. The number of fused-ring (bicyclic) bond motifs is 1. The zero-order valence-electron chi connectivity index (χ0n) is 12.7. The molecule has 0 radical (unpaired) electrons. The second-order valence-electron chi connectivity index (χ2n) is 6.49. The average molecular weight is 272 g/mol. The van der Waals surface area contributed by atoms with E-state index < -0.39 is 0 Å². The normalized spacial score (nSPS) is 29.6. The number of rotatable bonds is 4. The lowest BCUT2D eigenvalue weighted by Gasteiger charge is -2.40. The van der Waals surface area contributed by atoms with Crippen molar-refractivity contribution in [2.75, 3.05) is 13.1 Å². The van der Waals surface area contributed by atoms with Gasteiger partial charge in [-0.2, -0.15) is 0 Å². The highest BCUT2D eigenvalue weighted by molar-refractivity contribution is 5.30. The molecule has 0 aliphatic heterocycles. The Kier molecular flexibility index (Phi) is 4.42. The maximum atomic E-state index is 6.00. The second-order valence-corrected chi connectivity index (χ2v) is 6.49. The van der Waals surface area contributed by atoms with Crippen LogP contribution in [0.5, 0.6) is 0 Å². The number of aryl methyl sites for hydroxylation is 1. The Balaban J connectivity index is 1.74. The molecule has 2 N–H and O–H groups in total. The van der Waals surface area contributed by atoms with Crippen molar-refractivity contribution in [3.63, 3.8) is 0 Å². The van der Waals surface area contributed by atoms with E-state index in [0.717, 1.165) is 24.5 Å². The molecule has 1 saturated carbocycles. The Bertz CT molecular complexity index is 443. The summed E-state index contributed by atoms with van der Waals surface area (Å²) in [7, 11) is 0. The Labute approximate surface area is 123 Å². The summed E-state index contributed by atoms with van der Waals surface area (Å²) in [5.41, 5.74) is 9.14. The van der Waals surface area contributed by atoms with Crippen LogP contribution in [0.25, 0.3) is 0 Å². The molecule has 1 fully saturated rings. The highest BCUT2D eigenvalue weighted by atomic mass is 15.2. The minimum Gasteiger partial charge on any atom is -0.330 e. The number of nitrogens with zero attached hydrogens (tertiary/aromatic N) is 1. The molecule has 0 heterocycles. The topological polar surface area (TPSA) is 29.3 Å². The maximum absolute atomic E-state index is 6.00. The van der Waals surface area contributed by atoms with E-state index >= 15 is 0 Å². The Morgan fingerprint density at radius 1 is 1.15 bits per heavy atom. The number of hydrogen-bond acceptors (Lipinski definition) is 2. The summed E-state index contributed by atoms with van der Waals surface area (Å²) >= 11 is 0. The van der Waals surface area contributed by atoms with Crippen LogP contribution < -0.4 is 5.73 Å². The zero-order chi connectivity index (χ0) is 13.9. The standard InChI is InChI=1S/C18H28N2/c1-2-20(18-9-5-8-16(18)13-19)17-11-10-14-6-3-4-7-15(14)12-17/h3-4,6-7,16-18H,2,5,8-13,19H2,1H3. The summed E-state index contributed by atoms with van der Waals surface area (Å²) in [6.07, 6.45) is 7.86. The van der Waals surface area contributed by atoms with Crippen LogP contribution in [0.15, 0.2) is 24.3 Å². The van der Waals surface area contributed by atoms with Gasteiger partial charge in [0.15, 0.2) is 0 Å². The molecule has 0 amide bonds. The molecular formula is C18H28N2. The lowest BCUT2D eigenvalue weighted by Crippen LogP contribution is -2.48. The Morgan fingerprint density at radius 2 is 1.95 bits per heavy atom. The van der Waals surface area contributed by atoms with E-state index in [1.165, 1.54) is 45.1 Å². The van der Waals surface area contributed by atoms with Crippen LogP contribution >= 0.6 is 0 Å². The first-order chi connectivity index (χ1) is 9.83. The van der Waals surface area contributed by atoms with Gasteiger partial charge in [-0.15, -0.1) is 0 Å². The van der Waals surface area contributed by atoms with Crippen LogP contribution in [0.3, 0.4) is 0 Å². The smallest absolute Gasteiger partial charge is 0.0142 e. The van der Waals surface area contributed by atoms with Gasteiger partial charge in [0.1, 0.15) is 0 Å². The number of benzene rings is 1. The summed E-state index contributed by atoms with van der Waals surface area (Å²) in [4.78, 5) is 2.78. The quantitative estimate of drug-likeness (QED) is 0.913. The van der Waals surface area contributed by atoms with Crippen molar-refractivity contribution in [3.05, 3.63) is 35.4 Å². The number of hydrogen-bond donors (Lipinski definition) is 1. The number of likely N-dealkylation sites (N-methyl/N-ethyl adjacent to an activating group) is 1. The van der Waals surface area contributed by atoms with Gasteiger partial charge in [0, 0.05) is 12.1 Å². The molecule has 20 heavy (non-hydrogen) atoms. The molecule has 2 aliphatic carbocycles. The predicted molar refractivity (Wildman–Crippen MR) is 84.8 cm³/mol. The summed E-state index contributed by atoms with van der Waals surface area (Å²) in [6.45, 7) is 4.37. The van der Waals surface area contributed by atoms with Crippen molar-refractivity contribution in [2.45, 2.75) is 57.5 Å². The van der Waals surface area contributed by atoms with E-state index in [9.17, 15) is 0 Å². The molecule has 2 heteroatoms. The first-order valence-corrected chi connectivity index (χ1v) is 8.36. The fraction of sp³-hybridized carbons (Fsp3) is 0.667. The van der Waals surface area contributed by atoms with E-state index in [2.05, 4.69) is 36.1 Å². The van der Waals surface area contributed by atoms with E-state index in [1.807, 2.05) is 0 Å². The molecule has 0 aromatic heterocycles. The van der Waals surface area contributed by atoms with Gasteiger partial charge in [0.25, 0.3) is 0 Å². The largest absolute Gasteiger partial charge is 0.330 e. The van der Waals surface area contributed by atoms with E-state index in [4.69, 9.17) is 5.73 Å². The van der Waals surface area contributed by atoms with Gasteiger partial charge >= 0.3 is 0 Å². The van der Waals surface area contributed by atoms with Gasteiger partial charge < -0.3 is 5.73 Å². The number of nitrogens with two attached hydrogens (primary N) is 1. The van der Waals surface area contributed by atoms with Crippen molar-refractivity contribution >= 4 is 0 Å². The van der Waals surface area contributed by atoms with Gasteiger partial charge in [0.05, 0.1) is 0 Å². The van der Waals surface area contributed by atoms with Crippen LogP contribution in [-0.4, -0.2) is 30.1 Å². The molecule has 110 valence electrons. The summed E-state index contributed by atoms with van der Waals surface area (Å²) < 4.78 is 0. The minimum absolute atomic E-state index is 0.729. The average Bonchev–Trinajstić information content (AvgIpc) is 2.96. The zero-order valence-corrected chi connectivity index (χ0v) is 12.7. The van der Waals surface area contributed by atoms with Gasteiger partial charge in [-0.05, 0) is 62.2 Å².